The Labute approximate surface area is 176 Å². The van der Waals surface area contributed by atoms with Crippen molar-refractivity contribution in [3.8, 4) is 0 Å². The molecule has 0 amide bonds. The number of hydrogen-bond donors (Lipinski definition) is 0. The zero-order valence-electron chi connectivity index (χ0n) is 17.3. The molecule has 1 aliphatic carbocycles. The maximum absolute atomic E-state index is 14.2. The van der Waals surface area contributed by atoms with Crippen LogP contribution in [0.4, 0.5) is 10.1 Å². The Kier molecular flexibility index (Phi) is 5.57. The molecule has 4 rings (SSSR count). The van der Waals surface area contributed by atoms with Crippen LogP contribution in [0.25, 0.3) is 11.1 Å². The van der Waals surface area contributed by atoms with E-state index in [9.17, 15) is 4.39 Å². The molecule has 0 radical (unpaired) electrons. The SMILES string of the molecule is C=C/C(=C\C1=C(N(C)c2cccnc2)CCc2cccnc21)c1cccc(F)c1C. The fraction of sp³-hybridized carbons (Fsp3) is 0.154. The highest BCUT2D eigenvalue weighted by molar-refractivity contribution is 5.90. The predicted molar refractivity (Wildman–Crippen MR) is 121 cm³/mol. The molecule has 0 unspecified atom stereocenters. The maximum Gasteiger partial charge on any atom is 0.126 e. The number of aromatic nitrogens is 2. The summed E-state index contributed by atoms with van der Waals surface area (Å²) >= 11 is 0. The highest BCUT2D eigenvalue weighted by Gasteiger charge is 2.22. The number of nitrogens with zero attached hydrogens (tertiary/aromatic N) is 3. The molecule has 3 nitrogen and oxygen atoms in total. The Balaban J connectivity index is 1.92. The number of hydrogen-bond acceptors (Lipinski definition) is 3. The van der Waals surface area contributed by atoms with Gasteiger partial charge < -0.3 is 4.90 Å². The molecule has 1 aliphatic rings. The Hall–Kier alpha value is -3.53. The summed E-state index contributed by atoms with van der Waals surface area (Å²) < 4.78 is 14.2. The van der Waals surface area contributed by atoms with Gasteiger partial charge >= 0.3 is 0 Å². The average molecular weight is 397 g/mol. The van der Waals surface area contributed by atoms with Crippen molar-refractivity contribution in [1.82, 2.24) is 9.97 Å². The van der Waals surface area contributed by atoms with Crippen molar-refractivity contribution in [2.45, 2.75) is 19.8 Å². The molecule has 0 aliphatic heterocycles. The lowest BCUT2D eigenvalue weighted by atomic mass is 9.89. The van der Waals surface area contributed by atoms with Gasteiger partial charge in [-0.1, -0.05) is 30.9 Å². The molecule has 1 aromatic carbocycles. The molecule has 0 atom stereocenters. The molecule has 2 aromatic heterocycles. The summed E-state index contributed by atoms with van der Waals surface area (Å²) in [6.07, 6.45) is 11.1. The van der Waals surface area contributed by atoms with Crippen LogP contribution >= 0.6 is 0 Å². The Morgan fingerprint density at radius 1 is 1.10 bits per heavy atom. The van der Waals surface area contributed by atoms with Gasteiger partial charge in [-0.25, -0.2) is 4.39 Å². The van der Waals surface area contributed by atoms with Crippen LogP contribution in [0.15, 0.2) is 85.5 Å². The minimum absolute atomic E-state index is 0.218. The summed E-state index contributed by atoms with van der Waals surface area (Å²) in [5, 5.41) is 0. The van der Waals surface area contributed by atoms with Crippen LogP contribution in [0, 0.1) is 12.7 Å². The number of benzene rings is 1. The molecule has 3 aromatic rings. The average Bonchev–Trinajstić information content (AvgIpc) is 2.79. The summed E-state index contributed by atoms with van der Waals surface area (Å²) in [6, 6.07) is 13.2. The molecule has 0 spiro atoms. The second-order valence-corrected chi connectivity index (χ2v) is 7.36. The van der Waals surface area contributed by atoms with Gasteiger partial charge in [0.1, 0.15) is 5.82 Å². The largest absolute Gasteiger partial charge is 0.346 e. The number of rotatable bonds is 5. The van der Waals surface area contributed by atoms with E-state index >= 15 is 0 Å². The number of fused-ring (bicyclic) bond motifs is 1. The van der Waals surface area contributed by atoms with E-state index in [4.69, 9.17) is 4.98 Å². The molecule has 4 heteroatoms. The van der Waals surface area contributed by atoms with Crippen LogP contribution < -0.4 is 4.90 Å². The van der Waals surface area contributed by atoms with Gasteiger partial charge in [-0.2, -0.15) is 0 Å². The summed E-state index contributed by atoms with van der Waals surface area (Å²) in [5.74, 6) is -0.218. The third-order valence-electron chi connectivity index (χ3n) is 5.62. The molecule has 0 N–H and O–H groups in total. The van der Waals surface area contributed by atoms with Crippen molar-refractivity contribution in [2.75, 3.05) is 11.9 Å². The van der Waals surface area contributed by atoms with E-state index in [0.717, 1.165) is 46.6 Å². The molecular formula is C26H24FN3. The molecule has 0 fully saturated rings. The minimum Gasteiger partial charge on any atom is -0.346 e. The highest BCUT2D eigenvalue weighted by atomic mass is 19.1. The fourth-order valence-corrected chi connectivity index (χ4v) is 3.94. The molecule has 30 heavy (non-hydrogen) atoms. The second kappa shape index (κ2) is 8.46. The Bertz CT molecular complexity index is 1150. The molecule has 0 saturated heterocycles. The van der Waals surface area contributed by atoms with Crippen molar-refractivity contribution in [1.29, 1.82) is 0 Å². The van der Waals surface area contributed by atoms with Crippen LogP contribution in [0.3, 0.4) is 0 Å². The van der Waals surface area contributed by atoms with Crippen LogP contribution in [-0.4, -0.2) is 17.0 Å². The Morgan fingerprint density at radius 3 is 2.70 bits per heavy atom. The molecular weight excluding hydrogens is 373 g/mol. The molecule has 2 heterocycles. The normalized spacial score (nSPS) is 13.8. The summed E-state index contributed by atoms with van der Waals surface area (Å²) in [6.45, 7) is 5.80. The quantitative estimate of drug-likeness (QED) is 0.495. The summed E-state index contributed by atoms with van der Waals surface area (Å²) in [5.41, 5.74) is 7.70. The first-order valence-corrected chi connectivity index (χ1v) is 10.0. The summed E-state index contributed by atoms with van der Waals surface area (Å²) in [4.78, 5) is 11.1. The van der Waals surface area contributed by atoms with E-state index in [1.807, 2.05) is 36.7 Å². The number of allylic oxidation sites excluding steroid dienone is 5. The van der Waals surface area contributed by atoms with E-state index in [0.29, 0.717) is 5.56 Å². The second-order valence-electron chi connectivity index (χ2n) is 7.36. The lowest BCUT2D eigenvalue weighted by Gasteiger charge is -2.29. The zero-order chi connectivity index (χ0) is 21.1. The Morgan fingerprint density at radius 2 is 1.93 bits per heavy atom. The van der Waals surface area contributed by atoms with Gasteiger partial charge in [0.15, 0.2) is 0 Å². The van der Waals surface area contributed by atoms with Crippen molar-refractivity contribution >= 4 is 16.8 Å². The highest BCUT2D eigenvalue weighted by Crippen LogP contribution is 2.36. The smallest absolute Gasteiger partial charge is 0.126 e. The van der Waals surface area contributed by atoms with Gasteiger partial charge in [-0.15, -0.1) is 0 Å². The van der Waals surface area contributed by atoms with Gasteiger partial charge in [-0.3, -0.25) is 9.97 Å². The van der Waals surface area contributed by atoms with E-state index in [1.54, 1.807) is 25.3 Å². The van der Waals surface area contributed by atoms with E-state index in [2.05, 4.69) is 35.7 Å². The monoisotopic (exact) mass is 397 g/mol. The van der Waals surface area contributed by atoms with Gasteiger partial charge in [0.05, 0.1) is 17.6 Å². The first-order valence-electron chi connectivity index (χ1n) is 10.0. The zero-order valence-corrected chi connectivity index (χ0v) is 17.3. The first kappa shape index (κ1) is 19.8. The van der Waals surface area contributed by atoms with Crippen molar-refractivity contribution in [3.05, 3.63) is 114 Å². The van der Waals surface area contributed by atoms with E-state index in [-0.39, 0.29) is 5.82 Å². The lowest BCUT2D eigenvalue weighted by molar-refractivity contribution is 0.618. The van der Waals surface area contributed by atoms with Crippen molar-refractivity contribution in [3.63, 3.8) is 0 Å². The molecule has 0 bridgehead atoms. The predicted octanol–water partition coefficient (Wildman–Crippen LogP) is 5.99. The molecule has 150 valence electrons. The van der Waals surface area contributed by atoms with Crippen molar-refractivity contribution < 1.29 is 4.39 Å². The van der Waals surface area contributed by atoms with Gasteiger partial charge in [0.2, 0.25) is 0 Å². The number of halogens is 1. The van der Waals surface area contributed by atoms with E-state index < -0.39 is 0 Å². The third kappa shape index (κ3) is 3.69. The topological polar surface area (TPSA) is 29.0 Å². The number of aryl methyl sites for hydroxylation is 1. The van der Waals surface area contributed by atoms with Crippen LogP contribution in [0.5, 0.6) is 0 Å². The molecule has 0 saturated carbocycles. The van der Waals surface area contributed by atoms with Crippen LogP contribution in [0.2, 0.25) is 0 Å². The first-order chi connectivity index (χ1) is 14.6. The third-order valence-corrected chi connectivity index (χ3v) is 5.62. The summed E-state index contributed by atoms with van der Waals surface area (Å²) in [7, 11) is 2.05. The van der Waals surface area contributed by atoms with Gasteiger partial charge in [0.25, 0.3) is 0 Å². The van der Waals surface area contributed by atoms with Gasteiger partial charge in [-0.05, 0) is 72.4 Å². The fourth-order valence-electron chi connectivity index (χ4n) is 3.94. The maximum atomic E-state index is 14.2. The lowest BCUT2D eigenvalue weighted by Crippen LogP contribution is -2.22. The number of pyridine rings is 2. The number of anilines is 1. The van der Waals surface area contributed by atoms with Crippen LogP contribution in [0.1, 0.15) is 28.8 Å². The van der Waals surface area contributed by atoms with E-state index in [1.165, 1.54) is 11.6 Å². The standard InChI is InChI=1S/C26H24FN3/c1-4-19(22-10-5-11-24(27)18(22)2)16-23-25(30(3)21-9-7-14-28-17-21)13-12-20-8-6-15-29-26(20)23/h4-11,14-17H,1,12-13H2,2-3H3/b19-16+. The van der Waals surface area contributed by atoms with Crippen LogP contribution in [-0.2, 0) is 6.42 Å². The van der Waals surface area contributed by atoms with Gasteiger partial charge in [0, 0.05) is 30.7 Å². The minimum atomic E-state index is -0.218. The van der Waals surface area contributed by atoms with Crippen molar-refractivity contribution in [2.24, 2.45) is 0 Å².